The molecule has 0 bridgehead atoms. The highest BCUT2D eigenvalue weighted by molar-refractivity contribution is 5.95. The second kappa shape index (κ2) is 5.89. The number of rotatable bonds is 5. The van der Waals surface area contributed by atoms with Crippen molar-refractivity contribution in [3.63, 3.8) is 0 Å². The third-order valence-corrected chi connectivity index (χ3v) is 3.13. The maximum absolute atomic E-state index is 5.37. The first-order valence-corrected chi connectivity index (χ1v) is 6.36. The molecule has 19 heavy (non-hydrogen) atoms. The first kappa shape index (κ1) is 13.6. The second-order valence-electron chi connectivity index (χ2n) is 4.59. The quantitative estimate of drug-likeness (QED) is 0.897. The smallest absolute Gasteiger partial charge is 0.145 e. The molecule has 1 aromatic carbocycles. The number of para-hydroxylation sites is 1. The molecule has 0 aliphatic carbocycles. The highest BCUT2D eigenvalue weighted by Gasteiger charge is 2.09. The van der Waals surface area contributed by atoms with E-state index in [1.54, 1.807) is 14.2 Å². The van der Waals surface area contributed by atoms with Crippen LogP contribution in [0.4, 0.5) is 5.69 Å². The van der Waals surface area contributed by atoms with Gasteiger partial charge in [-0.2, -0.15) is 0 Å². The van der Waals surface area contributed by atoms with Crippen LogP contribution in [-0.4, -0.2) is 31.9 Å². The van der Waals surface area contributed by atoms with E-state index in [4.69, 9.17) is 9.47 Å². The summed E-state index contributed by atoms with van der Waals surface area (Å²) in [6.45, 7) is 4.77. The molecule has 1 N–H and O–H groups in total. The zero-order chi connectivity index (χ0) is 13.8. The normalized spacial score (nSPS) is 12.4. The topological polar surface area (TPSA) is 43.4 Å². The van der Waals surface area contributed by atoms with Crippen LogP contribution in [0.15, 0.2) is 24.3 Å². The Morgan fingerprint density at radius 3 is 2.79 bits per heavy atom. The maximum Gasteiger partial charge on any atom is 0.145 e. The van der Waals surface area contributed by atoms with Crippen molar-refractivity contribution in [3.8, 4) is 5.75 Å². The molecular formula is C15H20N2O2. The van der Waals surface area contributed by atoms with Crippen LogP contribution in [0.5, 0.6) is 5.75 Å². The summed E-state index contributed by atoms with van der Waals surface area (Å²) >= 11 is 0. The van der Waals surface area contributed by atoms with E-state index in [1.165, 1.54) is 0 Å². The Morgan fingerprint density at radius 2 is 2.11 bits per heavy atom. The Bertz CT molecular complexity index is 569. The van der Waals surface area contributed by atoms with Gasteiger partial charge in [-0.15, -0.1) is 0 Å². The lowest BCUT2D eigenvalue weighted by Crippen LogP contribution is -2.18. The Kier molecular flexibility index (Phi) is 4.22. The minimum absolute atomic E-state index is 0.161. The summed E-state index contributed by atoms with van der Waals surface area (Å²) in [4.78, 5) is 4.56. The monoisotopic (exact) mass is 260 g/mol. The highest BCUT2D eigenvalue weighted by Crippen LogP contribution is 2.29. The van der Waals surface area contributed by atoms with Crippen LogP contribution in [0.3, 0.4) is 0 Å². The summed E-state index contributed by atoms with van der Waals surface area (Å²) in [5.74, 6) is 0.795. The van der Waals surface area contributed by atoms with Crippen molar-refractivity contribution >= 4 is 16.6 Å². The molecule has 2 aromatic rings. The molecule has 0 spiro atoms. The van der Waals surface area contributed by atoms with Gasteiger partial charge < -0.3 is 14.8 Å². The maximum atomic E-state index is 5.37. The summed E-state index contributed by atoms with van der Waals surface area (Å²) in [5, 5.41) is 4.47. The molecular weight excluding hydrogens is 240 g/mol. The van der Waals surface area contributed by atoms with Gasteiger partial charge in [0.15, 0.2) is 0 Å². The lowest BCUT2D eigenvalue weighted by molar-refractivity contribution is 0.129. The van der Waals surface area contributed by atoms with Crippen molar-refractivity contribution in [2.45, 2.75) is 20.0 Å². The summed E-state index contributed by atoms with van der Waals surface area (Å²) in [7, 11) is 3.38. The van der Waals surface area contributed by atoms with Crippen LogP contribution in [-0.2, 0) is 4.74 Å². The van der Waals surface area contributed by atoms with Gasteiger partial charge in [0.2, 0.25) is 0 Å². The van der Waals surface area contributed by atoms with Crippen molar-refractivity contribution in [1.29, 1.82) is 0 Å². The fourth-order valence-corrected chi connectivity index (χ4v) is 2.00. The molecule has 1 atom stereocenters. The first-order valence-electron chi connectivity index (χ1n) is 6.36. The number of anilines is 1. The van der Waals surface area contributed by atoms with Crippen molar-refractivity contribution in [2.24, 2.45) is 0 Å². The van der Waals surface area contributed by atoms with Crippen LogP contribution in [0.2, 0.25) is 0 Å². The number of nitrogens with zero attached hydrogens (tertiary/aromatic N) is 1. The summed E-state index contributed by atoms with van der Waals surface area (Å²) < 4.78 is 10.6. The number of aryl methyl sites for hydroxylation is 1. The molecule has 1 unspecified atom stereocenters. The van der Waals surface area contributed by atoms with Crippen LogP contribution in [0.1, 0.15) is 12.6 Å². The average molecular weight is 260 g/mol. The standard InChI is InChI=1S/C15H20N2O2/c1-10-8-13(16-9-11(2)18-3)12-6-5-7-14(19-4)15(12)17-10/h5-8,11H,9H2,1-4H3,(H,16,17). The molecule has 0 radical (unpaired) electrons. The van der Waals surface area contributed by atoms with Crippen molar-refractivity contribution in [2.75, 3.05) is 26.1 Å². The van der Waals surface area contributed by atoms with Gasteiger partial charge >= 0.3 is 0 Å². The van der Waals surface area contributed by atoms with Crippen molar-refractivity contribution < 1.29 is 9.47 Å². The number of fused-ring (bicyclic) bond motifs is 1. The SMILES string of the molecule is COc1cccc2c(NCC(C)OC)cc(C)nc12. The number of benzene rings is 1. The van der Waals surface area contributed by atoms with Gasteiger partial charge in [-0.3, -0.25) is 0 Å². The molecule has 0 saturated carbocycles. The second-order valence-corrected chi connectivity index (χ2v) is 4.59. The van der Waals surface area contributed by atoms with E-state index in [2.05, 4.69) is 10.3 Å². The lowest BCUT2D eigenvalue weighted by Gasteiger charge is -2.15. The van der Waals surface area contributed by atoms with Crippen LogP contribution >= 0.6 is 0 Å². The van der Waals surface area contributed by atoms with E-state index in [0.29, 0.717) is 0 Å². The van der Waals surface area contributed by atoms with Gasteiger partial charge in [0.05, 0.1) is 13.2 Å². The molecule has 4 heteroatoms. The molecule has 0 fully saturated rings. The average Bonchev–Trinajstić information content (AvgIpc) is 2.43. The number of ether oxygens (including phenoxy) is 2. The van der Waals surface area contributed by atoms with Gasteiger partial charge in [-0.05, 0) is 26.0 Å². The molecule has 1 heterocycles. The Morgan fingerprint density at radius 1 is 1.32 bits per heavy atom. The van der Waals surface area contributed by atoms with Gasteiger partial charge in [0.25, 0.3) is 0 Å². The fourth-order valence-electron chi connectivity index (χ4n) is 2.00. The number of aromatic nitrogens is 1. The van der Waals surface area contributed by atoms with E-state index >= 15 is 0 Å². The summed E-state index contributed by atoms with van der Waals surface area (Å²) in [6, 6.07) is 7.99. The van der Waals surface area contributed by atoms with Crippen LogP contribution < -0.4 is 10.1 Å². The first-order chi connectivity index (χ1) is 9.15. The Labute approximate surface area is 113 Å². The number of pyridine rings is 1. The Hall–Kier alpha value is -1.81. The van der Waals surface area contributed by atoms with Gasteiger partial charge in [-0.25, -0.2) is 4.98 Å². The fraction of sp³-hybridized carbons (Fsp3) is 0.400. The Balaban J connectivity index is 2.42. The van der Waals surface area contributed by atoms with E-state index in [-0.39, 0.29) is 6.10 Å². The van der Waals surface area contributed by atoms with Crippen LogP contribution in [0.25, 0.3) is 10.9 Å². The molecule has 0 aliphatic rings. The lowest BCUT2D eigenvalue weighted by atomic mass is 10.1. The summed E-state index contributed by atoms with van der Waals surface area (Å²) in [5.41, 5.74) is 2.91. The number of methoxy groups -OCH3 is 2. The van der Waals surface area contributed by atoms with Crippen molar-refractivity contribution in [3.05, 3.63) is 30.0 Å². The van der Waals surface area contributed by atoms with Crippen molar-refractivity contribution in [1.82, 2.24) is 4.98 Å². The minimum Gasteiger partial charge on any atom is -0.494 e. The largest absolute Gasteiger partial charge is 0.494 e. The van der Waals surface area contributed by atoms with Gasteiger partial charge in [0.1, 0.15) is 11.3 Å². The summed E-state index contributed by atoms with van der Waals surface area (Å²) in [6.07, 6.45) is 0.161. The molecule has 0 amide bonds. The zero-order valence-corrected chi connectivity index (χ0v) is 11.9. The molecule has 1 aromatic heterocycles. The number of hydrogen-bond acceptors (Lipinski definition) is 4. The van der Waals surface area contributed by atoms with E-state index in [9.17, 15) is 0 Å². The predicted octanol–water partition coefficient (Wildman–Crippen LogP) is 3.00. The number of hydrogen-bond donors (Lipinski definition) is 1. The van der Waals surface area contributed by atoms with Gasteiger partial charge in [0, 0.05) is 30.4 Å². The predicted molar refractivity (Wildman–Crippen MR) is 78.0 cm³/mol. The highest BCUT2D eigenvalue weighted by atomic mass is 16.5. The van der Waals surface area contributed by atoms with Crippen LogP contribution in [0, 0.1) is 6.92 Å². The van der Waals surface area contributed by atoms with E-state index in [1.807, 2.05) is 38.1 Å². The zero-order valence-electron chi connectivity index (χ0n) is 11.9. The third kappa shape index (κ3) is 2.96. The van der Waals surface area contributed by atoms with E-state index in [0.717, 1.165) is 34.6 Å². The molecule has 102 valence electrons. The molecule has 2 rings (SSSR count). The molecule has 0 aliphatic heterocycles. The van der Waals surface area contributed by atoms with E-state index < -0.39 is 0 Å². The molecule has 4 nitrogen and oxygen atoms in total. The van der Waals surface area contributed by atoms with Gasteiger partial charge in [-0.1, -0.05) is 12.1 Å². The minimum atomic E-state index is 0.161. The number of nitrogens with one attached hydrogen (secondary N) is 1. The third-order valence-electron chi connectivity index (χ3n) is 3.13. The molecule has 0 saturated heterocycles.